The van der Waals surface area contributed by atoms with Crippen LogP contribution in [-0.2, 0) is 4.43 Å². The van der Waals surface area contributed by atoms with Crippen molar-refractivity contribution in [3.05, 3.63) is 32.5 Å². The zero-order valence-corrected chi connectivity index (χ0v) is 18.2. The Morgan fingerprint density at radius 2 is 1.64 bits per heavy atom. The Kier molecular flexibility index (Phi) is 8.02. The summed E-state index contributed by atoms with van der Waals surface area (Å²) in [6, 6.07) is 2.14. The molecule has 8 heteroatoms. The van der Waals surface area contributed by atoms with E-state index in [1.54, 1.807) is 0 Å². The third-order valence-corrected chi connectivity index (χ3v) is 11.4. The fourth-order valence-corrected chi connectivity index (χ4v) is 9.54. The van der Waals surface area contributed by atoms with Crippen molar-refractivity contribution in [3.63, 3.8) is 0 Å². The fourth-order valence-electron chi connectivity index (χ4n) is 3.64. The topological polar surface area (TPSA) is 61.6 Å². The largest absolute Gasteiger partial charge is 0.488 e. The second-order valence-electron chi connectivity index (χ2n) is 7.01. The fraction of sp³-hybridized carbons (Fsp3) is 0.647. The molecule has 0 aliphatic carbocycles. The third-order valence-electron chi connectivity index (χ3n) is 4.60. The normalized spacial score (nSPS) is 12.3. The molecule has 0 heterocycles. The molecule has 5 nitrogen and oxygen atoms in total. The Morgan fingerprint density at radius 3 is 2.08 bits per heavy atom. The number of rotatable bonds is 9. The smallest absolute Gasteiger partial charge is 0.287 e. The van der Waals surface area contributed by atoms with Crippen LogP contribution in [0.2, 0.25) is 16.6 Å². The van der Waals surface area contributed by atoms with Gasteiger partial charge in [-0.05, 0) is 38.6 Å². The molecule has 142 valence electrons. The quantitative estimate of drug-likeness (QED) is 0.204. The summed E-state index contributed by atoms with van der Waals surface area (Å²) >= 11 is 2.98. The molecular formula is C17H27BrFNO4Si. The van der Waals surface area contributed by atoms with Crippen LogP contribution in [0.1, 0.15) is 41.5 Å². The van der Waals surface area contributed by atoms with Gasteiger partial charge in [-0.2, -0.15) is 0 Å². The summed E-state index contributed by atoms with van der Waals surface area (Å²) in [5.74, 6) is -0.776. The van der Waals surface area contributed by atoms with E-state index in [1.165, 1.54) is 0 Å². The van der Waals surface area contributed by atoms with Gasteiger partial charge in [-0.1, -0.05) is 41.5 Å². The van der Waals surface area contributed by atoms with Gasteiger partial charge in [0.05, 0.1) is 22.1 Å². The van der Waals surface area contributed by atoms with Gasteiger partial charge in [0.2, 0.25) is 0 Å². The first-order valence-corrected chi connectivity index (χ1v) is 11.4. The average molecular weight is 436 g/mol. The van der Waals surface area contributed by atoms with Crippen molar-refractivity contribution in [1.29, 1.82) is 0 Å². The van der Waals surface area contributed by atoms with Gasteiger partial charge in [-0.25, -0.2) is 4.39 Å². The Hall–Kier alpha value is -0.993. The van der Waals surface area contributed by atoms with Crippen LogP contribution < -0.4 is 4.74 Å². The minimum atomic E-state index is -2.01. The molecule has 0 aromatic heterocycles. The number of nitro groups is 1. The van der Waals surface area contributed by atoms with E-state index in [2.05, 4.69) is 57.5 Å². The zero-order valence-electron chi connectivity index (χ0n) is 15.6. The maximum atomic E-state index is 13.9. The second-order valence-corrected chi connectivity index (χ2v) is 13.3. The zero-order chi connectivity index (χ0) is 19.4. The van der Waals surface area contributed by atoms with Gasteiger partial charge < -0.3 is 9.16 Å². The Bertz CT molecular complexity index is 589. The minimum absolute atomic E-state index is 0.0875. The summed E-state index contributed by atoms with van der Waals surface area (Å²) in [4.78, 5) is 10.4. The summed E-state index contributed by atoms with van der Waals surface area (Å²) in [7, 11) is -2.01. The van der Waals surface area contributed by atoms with Crippen LogP contribution in [0.4, 0.5) is 10.1 Å². The molecule has 0 N–H and O–H groups in total. The highest BCUT2D eigenvalue weighted by Gasteiger charge is 2.44. The van der Waals surface area contributed by atoms with Crippen molar-refractivity contribution in [3.8, 4) is 5.75 Å². The SMILES string of the molecule is CC(C)[Si](OCCOc1cc([N+](=O)[O-])c(Br)cc1F)(C(C)C)C(C)C. The Morgan fingerprint density at radius 1 is 1.12 bits per heavy atom. The maximum Gasteiger partial charge on any atom is 0.287 e. The lowest BCUT2D eigenvalue weighted by Gasteiger charge is -2.42. The maximum absolute atomic E-state index is 13.9. The van der Waals surface area contributed by atoms with Crippen LogP contribution in [-0.4, -0.2) is 26.5 Å². The van der Waals surface area contributed by atoms with Crippen LogP contribution in [0.5, 0.6) is 5.75 Å². The highest BCUT2D eigenvalue weighted by molar-refractivity contribution is 9.10. The molecule has 1 aromatic carbocycles. The lowest BCUT2D eigenvalue weighted by molar-refractivity contribution is -0.385. The van der Waals surface area contributed by atoms with Gasteiger partial charge in [-0.3, -0.25) is 10.1 Å². The number of hydrogen-bond donors (Lipinski definition) is 0. The van der Waals surface area contributed by atoms with Crippen LogP contribution in [0.3, 0.4) is 0 Å². The molecule has 0 aliphatic heterocycles. The lowest BCUT2D eigenvalue weighted by atomic mass is 10.3. The first-order chi connectivity index (χ1) is 11.5. The number of nitro benzene ring substituents is 1. The Labute approximate surface area is 158 Å². The van der Waals surface area contributed by atoms with E-state index in [9.17, 15) is 14.5 Å². The van der Waals surface area contributed by atoms with Crippen molar-refractivity contribution in [2.24, 2.45) is 0 Å². The highest BCUT2D eigenvalue weighted by Crippen LogP contribution is 2.42. The molecular weight excluding hydrogens is 409 g/mol. The van der Waals surface area contributed by atoms with Gasteiger partial charge in [-0.15, -0.1) is 0 Å². The molecule has 0 fully saturated rings. The van der Waals surface area contributed by atoms with Crippen molar-refractivity contribution in [2.45, 2.75) is 58.2 Å². The summed E-state index contributed by atoms with van der Waals surface area (Å²) in [5.41, 5.74) is 1.10. The molecule has 0 amide bonds. The van der Waals surface area contributed by atoms with E-state index in [4.69, 9.17) is 9.16 Å². The summed E-state index contributed by atoms with van der Waals surface area (Å²) in [6.07, 6.45) is 0. The van der Waals surface area contributed by atoms with Crippen molar-refractivity contribution in [1.82, 2.24) is 0 Å². The average Bonchev–Trinajstić information content (AvgIpc) is 2.47. The highest BCUT2D eigenvalue weighted by atomic mass is 79.9. The van der Waals surface area contributed by atoms with Gasteiger partial charge in [0.15, 0.2) is 19.9 Å². The van der Waals surface area contributed by atoms with Crippen molar-refractivity contribution in [2.75, 3.05) is 13.2 Å². The van der Waals surface area contributed by atoms with E-state index in [0.717, 1.165) is 12.1 Å². The predicted molar refractivity (Wildman–Crippen MR) is 103 cm³/mol. The molecule has 0 bridgehead atoms. The number of hydrogen-bond acceptors (Lipinski definition) is 4. The van der Waals surface area contributed by atoms with Crippen molar-refractivity contribution >= 4 is 29.9 Å². The molecule has 0 saturated heterocycles. The number of halogens is 2. The predicted octanol–water partition coefficient (Wildman–Crippen LogP) is 6.07. The first kappa shape index (κ1) is 22.0. The van der Waals surface area contributed by atoms with Crippen LogP contribution >= 0.6 is 15.9 Å². The van der Waals surface area contributed by atoms with E-state index in [1.807, 2.05) is 0 Å². The molecule has 0 atom stereocenters. The molecule has 0 saturated carbocycles. The van der Waals surface area contributed by atoms with Gasteiger partial charge in [0.25, 0.3) is 5.69 Å². The van der Waals surface area contributed by atoms with Gasteiger partial charge in [0, 0.05) is 0 Å². The molecule has 1 rings (SSSR count). The standard InChI is InChI=1S/C17H27BrFNO4Si/c1-11(2)25(12(3)4,13(5)6)24-8-7-23-17-10-16(20(21)22)14(18)9-15(17)19/h9-13H,7-8H2,1-6H3. The third kappa shape index (κ3) is 5.01. The Balaban J connectivity index is 2.80. The van der Waals surface area contributed by atoms with E-state index in [-0.39, 0.29) is 22.5 Å². The minimum Gasteiger partial charge on any atom is -0.488 e. The monoisotopic (exact) mass is 435 g/mol. The molecule has 0 unspecified atom stereocenters. The summed E-state index contributed by atoms with van der Waals surface area (Å²) in [6.45, 7) is 13.6. The summed E-state index contributed by atoms with van der Waals surface area (Å²) < 4.78 is 25.8. The second kappa shape index (κ2) is 9.09. The van der Waals surface area contributed by atoms with E-state index in [0.29, 0.717) is 23.2 Å². The van der Waals surface area contributed by atoms with Gasteiger partial charge >= 0.3 is 0 Å². The number of nitrogens with zero attached hydrogens (tertiary/aromatic N) is 1. The first-order valence-electron chi connectivity index (χ1n) is 8.44. The number of ether oxygens (including phenoxy) is 1. The van der Waals surface area contributed by atoms with Crippen LogP contribution in [0.15, 0.2) is 16.6 Å². The molecule has 0 aliphatic rings. The molecule has 0 spiro atoms. The van der Waals surface area contributed by atoms with Crippen LogP contribution in [0, 0.1) is 15.9 Å². The summed E-state index contributed by atoms with van der Waals surface area (Å²) in [5, 5.41) is 10.9. The van der Waals surface area contributed by atoms with Crippen LogP contribution in [0.25, 0.3) is 0 Å². The number of benzene rings is 1. The lowest BCUT2D eigenvalue weighted by Crippen LogP contribution is -2.48. The van der Waals surface area contributed by atoms with E-state index >= 15 is 0 Å². The van der Waals surface area contributed by atoms with E-state index < -0.39 is 19.1 Å². The molecule has 1 aromatic rings. The molecule has 25 heavy (non-hydrogen) atoms. The van der Waals surface area contributed by atoms with Gasteiger partial charge in [0.1, 0.15) is 6.61 Å². The molecule has 0 radical (unpaired) electrons. The van der Waals surface area contributed by atoms with Crippen molar-refractivity contribution < 1.29 is 18.5 Å².